The first-order valence-electron chi connectivity index (χ1n) is 10.2. The molecule has 1 heterocycles. The second-order valence-electron chi connectivity index (χ2n) is 10.3. The Morgan fingerprint density at radius 1 is 0.963 bits per heavy atom. The van der Waals surface area contributed by atoms with Crippen LogP contribution >= 0.6 is 11.6 Å². The fraction of sp³-hybridized carbons (Fsp3) is 0.909. The molecule has 1 saturated heterocycles. The summed E-state index contributed by atoms with van der Waals surface area (Å²) in [5.41, 5.74) is -1.57. The molecule has 0 aromatic carbocycles. The molecule has 3 rings (SSSR count). The van der Waals surface area contributed by atoms with E-state index < -0.39 is 22.1 Å². The molecule has 0 aromatic heterocycles. The topological polar surface area (TPSA) is 38.2 Å². The minimum Gasteiger partial charge on any atom is -0.384 e. The van der Waals surface area contributed by atoms with E-state index in [1.807, 2.05) is 27.7 Å². The maximum atomic E-state index is 11.3. The van der Waals surface area contributed by atoms with Crippen molar-refractivity contribution in [1.29, 1.82) is 0 Å². The summed E-state index contributed by atoms with van der Waals surface area (Å²) in [7, 11) is 0. The van der Waals surface area contributed by atoms with Crippen LogP contribution in [0.15, 0.2) is 0 Å². The zero-order chi connectivity index (χ0) is 20.3. The summed E-state index contributed by atoms with van der Waals surface area (Å²) in [6.45, 7) is 25.5. The molecule has 0 amide bonds. The highest BCUT2D eigenvalue weighted by molar-refractivity contribution is 6.23. The van der Waals surface area contributed by atoms with Crippen molar-refractivity contribution in [3.63, 3.8) is 0 Å². The van der Waals surface area contributed by atoms with Gasteiger partial charge in [0.2, 0.25) is 5.54 Å². The fourth-order valence-corrected chi connectivity index (χ4v) is 6.22. The van der Waals surface area contributed by atoms with Gasteiger partial charge < -0.3 is 19.5 Å². The number of alkyl halides is 1. The average molecular weight is 393 g/mol. The predicted octanol–water partition coefficient (Wildman–Crippen LogP) is 5.09. The van der Waals surface area contributed by atoms with Gasteiger partial charge in [0.25, 0.3) is 5.54 Å². The first-order valence-corrected chi connectivity index (χ1v) is 10.6. The lowest BCUT2D eigenvalue weighted by Gasteiger charge is -2.53. The highest BCUT2D eigenvalue weighted by Crippen LogP contribution is 2.58. The van der Waals surface area contributed by atoms with Crippen molar-refractivity contribution in [3.8, 4) is 0 Å². The van der Waals surface area contributed by atoms with Crippen LogP contribution in [0.25, 0.3) is 9.69 Å². The Morgan fingerprint density at radius 2 is 1.52 bits per heavy atom. The number of nitrogens with zero attached hydrogens (tertiary/aromatic N) is 2. The third-order valence-electron chi connectivity index (χ3n) is 8.03. The molecule has 8 unspecified atom stereocenters. The molecule has 3 fully saturated rings. The highest BCUT2D eigenvalue weighted by atomic mass is 35.5. The molecule has 4 nitrogen and oxygen atoms in total. The standard InChI is InChI=1S/C22H33ClN2O2/c1-19(2,23)16-10-13-22(5,27-16)15-9-11-20(3,24-6)14-8-12-21(4,25-7)18(26)17(14)15/h14-18,26H,8-13H2,1-5H3. The largest absolute Gasteiger partial charge is 0.384 e. The Balaban J connectivity index is 1.97. The van der Waals surface area contributed by atoms with E-state index in [1.54, 1.807) is 0 Å². The van der Waals surface area contributed by atoms with Crippen LogP contribution < -0.4 is 0 Å². The van der Waals surface area contributed by atoms with Crippen LogP contribution in [0.2, 0.25) is 0 Å². The van der Waals surface area contributed by atoms with Gasteiger partial charge in [-0.15, -0.1) is 11.6 Å². The van der Waals surface area contributed by atoms with Crippen LogP contribution in [-0.4, -0.2) is 38.9 Å². The maximum absolute atomic E-state index is 11.3. The zero-order valence-electron chi connectivity index (χ0n) is 17.3. The van der Waals surface area contributed by atoms with Crippen molar-refractivity contribution in [2.45, 2.75) is 107 Å². The number of fused-ring (bicyclic) bond motifs is 1. The summed E-state index contributed by atoms with van der Waals surface area (Å²) in [4.78, 5) is 7.41. The van der Waals surface area contributed by atoms with Crippen molar-refractivity contribution in [2.75, 3.05) is 0 Å². The first kappa shape index (κ1) is 20.9. The lowest BCUT2D eigenvalue weighted by atomic mass is 9.51. The summed E-state index contributed by atoms with van der Waals surface area (Å²) in [6.07, 6.45) is 4.28. The SMILES string of the molecule is [C-]#[N+]C1(C)CCC2C(C1O)C(C1(C)CCC(C(C)(C)Cl)O1)CCC2(C)[N+]#[C-]. The predicted molar refractivity (Wildman–Crippen MR) is 107 cm³/mol. The van der Waals surface area contributed by atoms with E-state index in [-0.39, 0.29) is 29.5 Å². The Hall–Kier alpha value is -0.810. The van der Waals surface area contributed by atoms with E-state index in [2.05, 4.69) is 16.6 Å². The number of hydrogen-bond donors (Lipinski definition) is 1. The lowest BCUT2D eigenvalue weighted by Crippen LogP contribution is -2.61. The van der Waals surface area contributed by atoms with Crippen molar-refractivity contribution >= 4 is 11.6 Å². The monoisotopic (exact) mass is 392 g/mol. The normalized spacial score (nSPS) is 50.5. The van der Waals surface area contributed by atoms with Gasteiger partial charge in [-0.25, -0.2) is 13.1 Å². The number of rotatable bonds is 2. The minimum absolute atomic E-state index is 0.00947. The van der Waals surface area contributed by atoms with Crippen LogP contribution in [0.5, 0.6) is 0 Å². The third kappa shape index (κ3) is 3.29. The van der Waals surface area contributed by atoms with Gasteiger partial charge in [0, 0.05) is 38.5 Å². The van der Waals surface area contributed by atoms with E-state index in [0.717, 1.165) is 32.1 Å². The van der Waals surface area contributed by atoms with Crippen LogP contribution in [0, 0.1) is 30.9 Å². The van der Waals surface area contributed by atoms with Gasteiger partial charge in [-0.3, -0.25) is 0 Å². The minimum atomic E-state index is -0.764. The number of aliphatic hydroxyl groups excluding tert-OH is 1. The number of hydrogen-bond acceptors (Lipinski definition) is 2. The van der Waals surface area contributed by atoms with Crippen molar-refractivity contribution < 1.29 is 9.84 Å². The summed E-state index contributed by atoms with van der Waals surface area (Å²) >= 11 is 6.55. The van der Waals surface area contributed by atoms with Crippen LogP contribution in [0.4, 0.5) is 0 Å². The Morgan fingerprint density at radius 3 is 2.04 bits per heavy atom. The van der Waals surface area contributed by atoms with E-state index in [0.29, 0.717) is 6.42 Å². The average Bonchev–Trinajstić information content (AvgIpc) is 3.02. The van der Waals surface area contributed by atoms with Gasteiger partial charge in [0.15, 0.2) is 0 Å². The molecule has 8 atom stereocenters. The first-order chi connectivity index (χ1) is 12.4. The van der Waals surface area contributed by atoms with Crippen LogP contribution in [-0.2, 0) is 4.74 Å². The molecule has 0 radical (unpaired) electrons. The van der Waals surface area contributed by atoms with E-state index in [1.165, 1.54) is 0 Å². The van der Waals surface area contributed by atoms with Gasteiger partial charge in [-0.05, 0) is 52.4 Å². The van der Waals surface area contributed by atoms with Gasteiger partial charge in [-0.1, -0.05) is 0 Å². The Kier molecular flexibility index (Phi) is 5.13. The summed E-state index contributed by atoms with van der Waals surface area (Å²) < 4.78 is 6.56. The fourth-order valence-electron chi connectivity index (χ4n) is 6.06. The van der Waals surface area contributed by atoms with Crippen LogP contribution in [0.1, 0.15) is 73.1 Å². The maximum Gasteiger partial charge on any atom is 0.255 e. The molecule has 5 heteroatoms. The van der Waals surface area contributed by atoms with Gasteiger partial charge in [0.1, 0.15) is 6.10 Å². The Labute approximate surface area is 169 Å². The summed E-state index contributed by atoms with van der Waals surface area (Å²) in [6, 6.07) is 0. The van der Waals surface area contributed by atoms with Crippen molar-refractivity contribution in [1.82, 2.24) is 0 Å². The van der Waals surface area contributed by atoms with Crippen molar-refractivity contribution in [2.24, 2.45) is 17.8 Å². The molecule has 0 bridgehead atoms. The summed E-state index contributed by atoms with van der Waals surface area (Å²) in [5, 5.41) is 11.3. The van der Waals surface area contributed by atoms with E-state index in [4.69, 9.17) is 29.5 Å². The molecule has 1 aliphatic heterocycles. The molecule has 150 valence electrons. The number of ether oxygens (including phenoxy) is 1. The molecule has 1 N–H and O–H groups in total. The number of halogens is 1. The smallest absolute Gasteiger partial charge is 0.255 e. The molecule has 0 spiro atoms. The molecule has 27 heavy (non-hydrogen) atoms. The molecule has 2 saturated carbocycles. The van der Waals surface area contributed by atoms with Crippen molar-refractivity contribution in [3.05, 3.63) is 22.8 Å². The third-order valence-corrected chi connectivity index (χ3v) is 8.27. The van der Waals surface area contributed by atoms with Gasteiger partial charge >= 0.3 is 0 Å². The van der Waals surface area contributed by atoms with Crippen LogP contribution in [0.3, 0.4) is 0 Å². The second-order valence-corrected chi connectivity index (χ2v) is 11.2. The lowest BCUT2D eigenvalue weighted by molar-refractivity contribution is -0.156. The van der Waals surface area contributed by atoms with Gasteiger partial charge in [-0.2, -0.15) is 0 Å². The van der Waals surface area contributed by atoms with E-state index >= 15 is 0 Å². The summed E-state index contributed by atoms with van der Waals surface area (Å²) in [5.74, 6) is 0.188. The van der Waals surface area contributed by atoms with E-state index in [9.17, 15) is 5.11 Å². The molecule has 3 aliphatic rings. The molecular formula is C22H33ClN2O2. The zero-order valence-corrected chi connectivity index (χ0v) is 18.0. The molecule has 2 aliphatic carbocycles. The number of aliphatic hydroxyl groups is 1. The molecular weight excluding hydrogens is 360 g/mol. The Bertz CT molecular complexity index is 677. The quantitative estimate of drug-likeness (QED) is 0.524. The second kappa shape index (κ2) is 6.62. The highest BCUT2D eigenvalue weighted by Gasteiger charge is 2.65. The van der Waals surface area contributed by atoms with Gasteiger partial charge in [0.05, 0.1) is 16.6 Å². The molecule has 0 aromatic rings.